The first kappa shape index (κ1) is 16.5. The Kier molecular flexibility index (Phi) is 4.32. The molecule has 0 radical (unpaired) electrons. The number of H-pyrrole nitrogens is 1. The summed E-state index contributed by atoms with van der Waals surface area (Å²) in [6, 6.07) is 4.42. The number of nitrogens with one attached hydrogen (secondary N) is 1. The quantitative estimate of drug-likeness (QED) is 0.869. The van der Waals surface area contributed by atoms with Gasteiger partial charge in [0.1, 0.15) is 5.56 Å². The van der Waals surface area contributed by atoms with E-state index >= 15 is 0 Å². The molecule has 1 aromatic carbocycles. The fraction of sp³-hybridized carbons (Fsp3) is 0.0769. The molecule has 0 spiro atoms. The van der Waals surface area contributed by atoms with Gasteiger partial charge in [-0.3, -0.25) is 9.59 Å². The van der Waals surface area contributed by atoms with E-state index in [2.05, 4.69) is 4.98 Å². The lowest BCUT2D eigenvalue weighted by Gasteiger charge is -2.11. The van der Waals surface area contributed by atoms with Crippen molar-refractivity contribution in [3.63, 3.8) is 0 Å². The number of aromatic amines is 1. The van der Waals surface area contributed by atoms with Gasteiger partial charge in [-0.1, -0.05) is 29.3 Å². The maximum atomic E-state index is 12.0. The van der Waals surface area contributed by atoms with Gasteiger partial charge >= 0.3 is 0 Å². The van der Waals surface area contributed by atoms with Crippen LogP contribution in [0.5, 0.6) is 0 Å². The van der Waals surface area contributed by atoms with Crippen LogP contribution >= 0.6 is 23.2 Å². The van der Waals surface area contributed by atoms with Crippen LogP contribution in [0.3, 0.4) is 0 Å². The standard InChI is InChI=1S/C13H10Cl2N2O4S/c1-22(20,21)11-7(5-17-13(19)10(11)12(16)18)6-2-3-8(14)9(15)4-6/h2-5H,1H3,(H2,16,18)(H,17,19). The van der Waals surface area contributed by atoms with Crippen molar-refractivity contribution in [3.05, 3.63) is 50.4 Å². The molecule has 22 heavy (non-hydrogen) atoms. The van der Waals surface area contributed by atoms with E-state index in [4.69, 9.17) is 28.9 Å². The zero-order valence-corrected chi connectivity index (χ0v) is 13.5. The molecule has 1 amide bonds. The zero-order valence-electron chi connectivity index (χ0n) is 11.2. The average Bonchev–Trinajstić information content (AvgIpc) is 2.40. The highest BCUT2D eigenvalue weighted by molar-refractivity contribution is 7.91. The summed E-state index contributed by atoms with van der Waals surface area (Å²) in [5, 5.41) is 0.483. The van der Waals surface area contributed by atoms with E-state index in [1.165, 1.54) is 24.4 Å². The fourth-order valence-electron chi connectivity index (χ4n) is 2.00. The SMILES string of the molecule is CS(=O)(=O)c1c(-c2ccc(Cl)c(Cl)c2)c[nH]c(=O)c1C(N)=O. The van der Waals surface area contributed by atoms with Gasteiger partial charge in [0.15, 0.2) is 9.84 Å². The smallest absolute Gasteiger partial charge is 0.262 e. The van der Waals surface area contributed by atoms with Gasteiger partial charge in [-0.15, -0.1) is 0 Å². The predicted molar refractivity (Wildman–Crippen MR) is 84.1 cm³/mol. The molecule has 6 nitrogen and oxygen atoms in total. The van der Waals surface area contributed by atoms with Crippen LogP contribution < -0.4 is 11.3 Å². The maximum Gasteiger partial charge on any atom is 0.262 e. The van der Waals surface area contributed by atoms with Crippen LogP contribution in [0.25, 0.3) is 11.1 Å². The van der Waals surface area contributed by atoms with E-state index < -0.39 is 31.8 Å². The highest BCUT2D eigenvalue weighted by atomic mass is 35.5. The lowest BCUT2D eigenvalue weighted by molar-refractivity contribution is 0.0995. The number of pyridine rings is 1. The number of hydrogen-bond acceptors (Lipinski definition) is 4. The van der Waals surface area contributed by atoms with Crippen molar-refractivity contribution in [1.29, 1.82) is 0 Å². The van der Waals surface area contributed by atoms with Gasteiger partial charge in [0.05, 0.1) is 14.9 Å². The Balaban J connectivity index is 2.93. The Morgan fingerprint density at radius 3 is 2.36 bits per heavy atom. The summed E-state index contributed by atoms with van der Waals surface area (Å²) in [5.41, 5.74) is 4.12. The molecular formula is C13H10Cl2N2O4S. The van der Waals surface area contributed by atoms with Gasteiger partial charge in [0, 0.05) is 18.0 Å². The summed E-state index contributed by atoms with van der Waals surface area (Å²) >= 11 is 11.7. The number of nitrogens with two attached hydrogens (primary N) is 1. The van der Waals surface area contributed by atoms with E-state index in [1.54, 1.807) is 0 Å². The van der Waals surface area contributed by atoms with Crippen molar-refractivity contribution < 1.29 is 13.2 Å². The number of amides is 1. The van der Waals surface area contributed by atoms with Crippen molar-refractivity contribution >= 4 is 38.9 Å². The van der Waals surface area contributed by atoms with Gasteiger partial charge in [0.25, 0.3) is 11.5 Å². The molecule has 0 aliphatic rings. The average molecular weight is 361 g/mol. The van der Waals surface area contributed by atoms with Gasteiger partial charge in [-0.25, -0.2) is 8.42 Å². The van der Waals surface area contributed by atoms with Crippen LogP contribution in [-0.2, 0) is 9.84 Å². The summed E-state index contributed by atoms with van der Waals surface area (Å²) in [6.45, 7) is 0. The van der Waals surface area contributed by atoms with Gasteiger partial charge < -0.3 is 10.7 Å². The number of primary amides is 1. The molecule has 1 aromatic heterocycles. The monoisotopic (exact) mass is 360 g/mol. The molecule has 1 heterocycles. The minimum atomic E-state index is -3.90. The van der Waals surface area contributed by atoms with Crippen molar-refractivity contribution in [3.8, 4) is 11.1 Å². The number of aromatic nitrogens is 1. The second kappa shape index (κ2) is 5.75. The summed E-state index contributed by atoms with van der Waals surface area (Å²) in [7, 11) is -3.90. The molecular weight excluding hydrogens is 351 g/mol. The second-order valence-electron chi connectivity index (χ2n) is 4.50. The number of carbonyl (C=O) groups excluding carboxylic acids is 1. The number of hydrogen-bond donors (Lipinski definition) is 2. The highest BCUT2D eigenvalue weighted by Crippen LogP contribution is 2.32. The van der Waals surface area contributed by atoms with Crippen LogP contribution in [0.1, 0.15) is 10.4 Å². The van der Waals surface area contributed by atoms with Crippen molar-refractivity contribution in [2.24, 2.45) is 5.73 Å². The Labute approximate surface area is 135 Å². The number of halogens is 2. The predicted octanol–water partition coefficient (Wildman–Crippen LogP) is 1.85. The normalized spacial score (nSPS) is 11.4. The third kappa shape index (κ3) is 3.01. The van der Waals surface area contributed by atoms with E-state index in [0.29, 0.717) is 5.56 Å². The lowest BCUT2D eigenvalue weighted by atomic mass is 10.1. The first-order valence-electron chi connectivity index (χ1n) is 5.84. The van der Waals surface area contributed by atoms with Crippen LogP contribution in [0.2, 0.25) is 10.0 Å². The molecule has 0 unspecified atom stereocenters. The fourth-order valence-corrected chi connectivity index (χ4v) is 3.44. The zero-order chi connectivity index (χ0) is 16.7. The minimum absolute atomic E-state index is 0.106. The highest BCUT2D eigenvalue weighted by Gasteiger charge is 2.25. The minimum Gasteiger partial charge on any atom is -0.365 e. The molecule has 9 heteroatoms. The first-order valence-corrected chi connectivity index (χ1v) is 8.48. The molecule has 116 valence electrons. The van der Waals surface area contributed by atoms with E-state index in [-0.39, 0.29) is 15.6 Å². The molecule has 0 bridgehead atoms. The topological polar surface area (TPSA) is 110 Å². The molecule has 0 atom stereocenters. The number of benzene rings is 1. The third-order valence-electron chi connectivity index (χ3n) is 2.89. The Morgan fingerprint density at radius 1 is 1.23 bits per heavy atom. The van der Waals surface area contributed by atoms with E-state index in [0.717, 1.165) is 6.26 Å². The van der Waals surface area contributed by atoms with E-state index in [9.17, 15) is 18.0 Å². The lowest BCUT2D eigenvalue weighted by Crippen LogP contribution is -2.27. The molecule has 2 aromatic rings. The van der Waals surface area contributed by atoms with Gasteiger partial charge in [-0.2, -0.15) is 0 Å². The second-order valence-corrected chi connectivity index (χ2v) is 7.27. The van der Waals surface area contributed by atoms with Crippen molar-refractivity contribution in [2.75, 3.05) is 6.26 Å². The molecule has 0 fully saturated rings. The van der Waals surface area contributed by atoms with Crippen LogP contribution in [0.15, 0.2) is 34.1 Å². The summed E-state index contributed by atoms with van der Waals surface area (Å²) in [5.74, 6) is -1.14. The Hall–Kier alpha value is -1.83. The largest absolute Gasteiger partial charge is 0.365 e. The Morgan fingerprint density at radius 2 is 1.86 bits per heavy atom. The van der Waals surface area contributed by atoms with Gasteiger partial charge in [0.2, 0.25) is 0 Å². The molecule has 0 saturated carbocycles. The molecule has 0 aliphatic carbocycles. The number of sulfone groups is 1. The summed E-state index contributed by atoms with van der Waals surface area (Å²) < 4.78 is 24.1. The van der Waals surface area contributed by atoms with Crippen molar-refractivity contribution in [2.45, 2.75) is 4.90 Å². The molecule has 0 aliphatic heterocycles. The van der Waals surface area contributed by atoms with Crippen LogP contribution in [0.4, 0.5) is 0 Å². The van der Waals surface area contributed by atoms with Gasteiger partial charge in [-0.05, 0) is 17.7 Å². The number of rotatable bonds is 3. The van der Waals surface area contributed by atoms with Crippen molar-refractivity contribution in [1.82, 2.24) is 4.98 Å². The van der Waals surface area contributed by atoms with Crippen LogP contribution in [-0.4, -0.2) is 25.6 Å². The van der Waals surface area contributed by atoms with Crippen LogP contribution in [0, 0.1) is 0 Å². The summed E-state index contributed by atoms with van der Waals surface area (Å²) in [6.07, 6.45) is 2.07. The first-order chi connectivity index (χ1) is 10.1. The Bertz CT molecular complexity index is 936. The molecule has 0 saturated heterocycles. The molecule has 3 N–H and O–H groups in total. The maximum absolute atomic E-state index is 12.0. The van der Waals surface area contributed by atoms with E-state index in [1.807, 2.05) is 0 Å². The summed E-state index contributed by atoms with van der Waals surface area (Å²) in [4.78, 5) is 25.1. The third-order valence-corrected chi connectivity index (χ3v) is 4.80. The number of carbonyl (C=O) groups is 1. The molecule has 2 rings (SSSR count).